The summed E-state index contributed by atoms with van der Waals surface area (Å²) in [5, 5.41) is 4.32. The maximum atomic E-state index is 13.2. The normalized spacial score (nSPS) is 18.6. The summed E-state index contributed by atoms with van der Waals surface area (Å²) >= 11 is 1.30. The van der Waals surface area contributed by atoms with Crippen LogP contribution in [0, 0.1) is 6.92 Å². The van der Waals surface area contributed by atoms with Crippen LogP contribution in [-0.2, 0) is 9.47 Å². The second kappa shape index (κ2) is 9.58. The number of hydrogen-bond donors (Lipinski definition) is 1. The predicted octanol–water partition coefficient (Wildman–Crippen LogP) is 6.08. The van der Waals surface area contributed by atoms with Gasteiger partial charge in [-0.3, -0.25) is 9.69 Å². The van der Waals surface area contributed by atoms with Crippen molar-refractivity contribution in [1.29, 1.82) is 0 Å². The van der Waals surface area contributed by atoms with E-state index in [2.05, 4.69) is 29.7 Å². The Hall–Kier alpha value is -2.99. The molecular formula is C27H37N5O5SSi. The number of H-pyrrole nitrogens is 1. The molecule has 0 bridgehead atoms. The van der Waals surface area contributed by atoms with Crippen molar-refractivity contribution in [1.82, 2.24) is 24.6 Å². The first-order chi connectivity index (χ1) is 18.2. The van der Waals surface area contributed by atoms with Crippen molar-refractivity contribution in [2.75, 3.05) is 6.61 Å². The van der Waals surface area contributed by atoms with Crippen molar-refractivity contribution in [3.05, 3.63) is 34.1 Å². The molecule has 1 atom stereocenters. The van der Waals surface area contributed by atoms with E-state index in [1.165, 1.54) is 16.0 Å². The standard InChI is InChI=1S/C27H37N5O5SSi/c1-16-17(15-31(30-16)24(34)37-26(2,3)4)20-14-18-21(38-20)23(33)29-22(28-18)19-8-9-27(10-11-27)32(19)25(35)36-12-13-39(5,6)7/h14-15,19H,8-13H2,1-7H3,(H,28,29,33). The summed E-state index contributed by atoms with van der Waals surface area (Å²) in [6.45, 7) is 14.4. The van der Waals surface area contributed by atoms with E-state index in [1.807, 2.05) is 17.9 Å². The van der Waals surface area contributed by atoms with Crippen molar-refractivity contribution < 1.29 is 19.1 Å². The van der Waals surface area contributed by atoms with Crippen LogP contribution in [0.3, 0.4) is 0 Å². The van der Waals surface area contributed by atoms with Crippen LogP contribution < -0.4 is 5.56 Å². The molecule has 3 aromatic heterocycles. The van der Waals surface area contributed by atoms with Crippen LogP contribution in [-0.4, -0.2) is 62.7 Å². The van der Waals surface area contributed by atoms with Gasteiger partial charge in [-0.25, -0.2) is 14.6 Å². The molecule has 2 fully saturated rings. The lowest BCUT2D eigenvalue weighted by molar-refractivity contribution is 0.0513. The third-order valence-corrected chi connectivity index (χ3v) is 10.1. The first-order valence-corrected chi connectivity index (χ1v) is 18.0. The van der Waals surface area contributed by atoms with Gasteiger partial charge >= 0.3 is 12.2 Å². The number of fused-ring (bicyclic) bond motifs is 1. The number of hydrogen-bond acceptors (Lipinski definition) is 8. The molecule has 1 unspecified atom stereocenters. The second-order valence-electron chi connectivity index (χ2n) is 12.9. The average molecular weight is 572 g/mol. The van der Waals surface area contributed by atoms with Crippen LogP contribution in [0.5, 0.6) is 0 Å². The molecule has 39 heavy (non-hydrogen) atoms. The molecule has 1 N–H and O–H groups in total. The van der Waals surface area contributed by atoms with E-state index in [9.17, 15) is 14.4 Å². The summed E-state index contributed by atoms with van der Waals surface area (Å²) in [6, 6.07) is 2.43. The van der Waals surface area contributed by atoms with Crippen LogP contribution in [0.25, 0.3) is 20.7 Å². The number of aromatic amines is 1. The van der Waals surface area contributed by atoms with Crippen LogP contribution in [0.4, 0.5) is 9.59 Å². The van der Waals surface area contributed by atoms with Crippen LogP contribution in [0.15, 0.2) is 17.1 Å². The van der Waals surface area contributed by atoms with Crippen molar-refractivity contribution in [3.8, 4) is 10.4 Å². The summed E-state index contributed by atoms with van der Waals surface area (Å²) < 4.78 is 12.8. The first-order valence-electron chi connectivity index (χ1n) is 13.5. The topological polar surface area (TPSA) is 119 Å². The van der Waals surface area contributed by atoms with Crippen molar-refractivity contribution >= 4 is 41.8 Å². The van der Waals surface area contributed by atoms with Crippen LogP contribution >= 0.6 is 11.3 Å². The minimum absolute atomic E-state index is 0.179. The number of carbonyl (C=O) groups is 2. The van der Waals surface area contributed by atoms with Gasteiger partial charge in [0.25, 0.3) is 5.56 Å². The molecular weight excluding hydrogens is 534 g/mol. The minimum atomic E-state index is -1.33. The van der Waals surface area contributed by atoms with Gasteiger partial charge in [0.2, 0.25) is 0 Å². The molecule has 1 spiro atoms. The molecule has 1 aliphatic heterocycles. The number of likely N-dealkylation sites (tertiary alicyclic amines) is 1. The number of nitrogens with zero attached hydrogens (tertiary/aromatic N) is 4. The molecule has 0 radical (unpaired) electrons. The third kappa shape index (κ3) is 5.67. The van der Waals surface area contributed by atoms with E-state index in [0.717, 1.165) is 42.2 Å². The number of rotatable bonds is 5. The maximum absolute atomic E-state index is 13.2. The fraction of sp³-hybridized carbons (Fsp3) is 0.593. The Balaban J connectivity index is 1.42. The van der Waals surface area contributed by atoms with E-state index in [1.54, 1.807) is 27.0 Å². The van der Waals surface area contributed by atoms with Gasteiger partial charge < -0.3 is 14.5 Å². The lowest BCUT2D eigenvalue weighted by Gasteiger charge is -2.29. The lowest BCUT2D eigenvalue weighted by atomic mass is 10.1. The van der Waals surface area contributed by atoms with Crippen molar-refractivity contribution in [3.63, 3.8) is 0 Å². The van der Waals surface area contributed by atoms with Gasteiger partial charge in [0.05, 0.1) is 23.9 Å². The zero-order chi connectivity index (χ0) is 28.3. The highest BCUT2D eigenvalue weighted by Gasteiger charge is 2.58. The highest BCUT2D eigenvalue weighted by molar-refractivity contribution is 7.22. The monoisotopic (exact) mass is 571 g/mol. The molecule has 5 rings (SSSR count). The highest BCUT2D eigenvalue weighted by atomic mass is 32.1. The zero-order valence-electron chi connectivity index (χ0n) is 23.7. The summed E-state index contributed by atoms with van der Waals surface area (Å²) in [4.78, 5) is 49.3. The van der Waals surface area contributed by atoms with E-state index >= 15 is 0 Å². The van der Waals surface area contributed by atoms with Gasteiger partial charge in [0, 0.05) is 30.3 Å². The van der Waals surface area contributed by atoms with E-state index < -0.39 is 19.8 Å². The zero-order valence-corrected chi connectivity index (χ0v) is 25.5. The largest absolute Gasteiger partial charge is 0.450 e. The Morgan fingerprint density at radius 1 is 1.21 bits per heavy atom. The second-order valence-corrected chi connectivity index (χ2v) is 19.6. The van der Waals surface area contributed by atoms with Gasteiger partial charge in [-0.15, -0.1) is 11.3 Å². The number of aromatic nitrogens is 4. The van der Waals surface area contributed by atoms with E-state index in [4.69, 9.17) is 14.5 Å². The molecule has 3 aromatic rings. The maximum Gasteiger partial charge on any atom is 0.435 e. The molecule has 1 saturated heterocycles. The van der Waals surface area contributed by atoms with Crippen molar-refractivity contribution in [2.45, 2.75) is 96.2 Å². The number of thiophene rings is 1. The minimum Gasteiger partial charge on any atom is -0.450 e. The van der Waals surface area contributed by atoms with Gasteiger partial charge in [0.1, 0.15) is 16.1 Å². The molecule has 1 saturated carbocycles. The average Bonchev–Trinajstić information content (AvgIpc) is 3.13. The number of amides is 1. The van der Waals surface area contributed by atoms with Crippen molar-refractivity contribution in [2.24, 2.45) is 0 Å². The lowest BCUT2D eigenvalue weighted by Crippen LogP contribution is -2.40. The summed E-state index contributed by atoms with van der Waals surface area (Å²) in [5.41, 5.74) is 0.866. The van der Waals surface area contributed by atoms with Gasteiger partial charge in [0.15, 0.2) is 0 Å². The number of aryl methyl sites for hydroxylation is 1. The fourth-order valence-electron chi connectivity index (χ4n) is 5.07. The van der Waals surface area contributed by atoms with Gasteiger partial charge in [-0.05, 0) is 65.5 Å². The smallest absolute Gasteiger partial charge is 0.435 e. The Kier molecular flexibility index (Phi) is 6.77. The van der Waals surface area contributed by atoms with E-state index in [-0.39, 0.29) is 23.2 Å². The molecule has 10 nitrogen and oxygen atoms in total. The molecule has 0 aromatic carbocycles. The molecule has 1 aliphatic carbocycles. The van der Waals surface area contributed by atoms with Crippen LogP contribution in [0.1, 0.15) is 64.0 Å². The first kappa shape index (κ1) is 27.6. The third-order valence-electron chi connectivity index (χ3n) is 7.27. The molecule has 12 heteroatoms. The SMILES string of the molecule is Cc1nn(C(=O)OC(C)(C)C)cc1-c1cc2nc(C3CCC4(CC4)N3C(=O)OCC[Si](C)(C)C)[nH]c(=O)c2s1. The predicted molar refractivity (Wildman–Crippen MR) is 153 cm³/mol. The molecule has 4 heterocycles. The summed E-state index contributed by atoms with van der Waals surface area (Å²) in [7, 11) is -1.33. The molecule has 210 valence electrons. The van der Waals surface area contributed by atoms with Gasteiger partial charge in [-0.2, -0.15) is 9.78 Å². The summed E-state index contributed by atoms with van der Waals surface area (Å²) in [6.07, 6.45) is 4.24. The van der Waals surface area contributed by atoms with E-state index in [0.29, 0.717) is 28.3 Å². The summed E-state index contributed by atoms with van der Waals surface area (Å²) in [5.74, 6) is 0.490. The fourth-order valence-corrected chi connectivity index (χ4v) is 6.84. The highest BCUT2D eigenvalue weighted by Crippen LogP contribution is 2.56. The van der Waals surface area contributed by atoms with Gasteiger partial charge in [-0.1, -0.05) is 19.6 Å². The Labute approximate surface area is 232 Å². The Morgan fingerprint density at radius 2 is 1.92 bits per heavy atom. The number of ether oxygens (including phenoxy) is 2. The van der Waals surface area contributed by atoms with Crippen LogP contribution in [0.2, 0.25) is 25.7 Å². The Morgan fingerprint density at radius 3 is 2.56 bits per heavy atom. The number of nitrogens with one attached hydrogen (secondary N) is 1. The Bertz CT molecular complexity index is 1490. The quantitative estimate of drug-likeness (QED) is 0.368. The molecule has 2 aliphatic rings. The molecule has 1 amide bonds. The number of carbonyl (C=O) groups excluding carboxylic acids is 2.